The summed E-state index contributed by atoms with van der Waals surface area (Å²) < 4.78 is 101. The molecular weight excluding hydrogens is 1030 g/mol. The molecule has 0 aliphatic carbocycles. The summed E-state index contributed by atoms with van der Waals surface area (Å²) in [6.45, 7) is 8.88. The Kier molecular flexibility index (Phi) is 17.3. The van der Waals surface area contributed by atoms with Crippen molar-refractivity contribution in [3.8, 4) is 22.4 Å². The van der Waals surface area contributed by atoms with Crippen LogP contribution in [-0.2, 0) is 26.4 Å². The molecule has 2 aliphatic heterocycles. The lowest BCUT2D eigenvalue weighted by Gasteiger charge is -2.37. The highest BCUT2D eigenvalue weighted by atomic mass is 35.5. The van der Waals surface area contributed by atoms with E-state index in [0.29, 0.717) is 99.7 Å². The molecule has 6 aromatic rings. The van der Waals surface area contributed by atoms with Crippen molar-refractivity contribution in [1.82, 2.24) is 9.47 Å². The summed E-state index contributed by atoms with van der Waals surface area (Å²) in [6.07, 6.45) is 3.04. The van der Waals surface area contributed by atoms with Gasteiger partial charge in [-0.15, -0.1) is 11.8 Å². The summed E-state index contributed by atoms with van der Waals surface area (Å²) in [6, 6.07) is 33.5. The maximum atomic E-state index is 14.3. The van der Waals surface area contributed by atoms with E-state index < -0.39 is 47.2 Å². The third kappa shape index (κ3) is 12.7. The van der Waals surface area contributed by atoms with E-state index in [1.165, 1.54) is 23.9 Å². The van der Waals surface area contributed by atoms with Gasteiger partial charge in [0.15, 0.2) is 0 Å². The molecule has 5 aromatic carbocycles. The number of benzene rings is 5. The van der Waals surface area contributed by atoms with E-state index in [1.54, 1.807) is 24.3 Å². The number of aliphatic hydroxyl groups excluding tert-OH is 1. The van der Waals surface area contributed by atoms with Crippen LogP contribution < -0.4 is 19.8 Å². The number of halogens is 4. The first kappa shape index (κ1) is 54.6. The molecule has 2 fully saturated rings. The van der Waals surface area contributed by atoms with Gasteiger partial charge in [0.1, 0.15) is 4.90 Å². The molecule has 4 N–H and O–H groups in total. The summed E-state index contributed by atoms with van der Waals surface area (Å²) in [5.74, 6) is -0.638. The minimum Gasteiger partial charge on any atom is -0.478 e. The van der Waals surface area contributed by atoms with Crippen LogP contribution in [-0.4, -0.2) is 112 Å². The van der Waals surface area contributed by atoms with Crippen molar-refractivity contribution in [2.24, 2.45) is 0 Å². The molecule has 8 rings (SSSR count). The van der Waals surface area contributed by atoms with Crippen molar-refractivity contribution < 1.29 is 45.0 Å². The minimum absolute atomic E-state index is 0.118. The standard InChI is InChI=1S/C54H60ClF3N6O7S3/c1-3-4-26-64-37(2)50(53(66)67)51(52(64)38-13-15-40(55)16-14-38)39-9-8-10-44(34-39)63-32-30-62(31-33-63)43-19-17-41(18-20-43)60-74(70,71)47-21-22-48(49(35-47)73(68,69)54(56,57)58)59-42(36-72-46-11-6-5-7-12-46)23-27-61-28-24-45(65)25-29-61/h5-22,34-35,42,45,59-60,65H,3-4,23-33,36H2,1-2H3,(H,66,67)/t42-/m1/s1. The first-order valence-corrected chi connectivity index (χ1v) is 28.9. The lowest BCUT2D eigenvalue weighted by molar-refractivity contribution is -0.0436. The Morgan fingerprint density at radius 2 is 1.46 bits per heavy atom. The molecule has 1 aromatic heterocycles. The van der Waals surface area contributed by atoms with Gasteiger partial charge in [0.2, 0.25) is 0 Å². The molecular formula is C54H60ClF3N6O7S3. The van der Waals surface area contributed by atoms with E-state index in [-0.39, 0.29) is 23.0 Å². The molecule has 0 radical (unpaired) electrons. The Hall–Kier alpha value is -5.70. The van der Waals surface area contributed by atoms with Gasteiger partial charge in [-0.1, -0.05) is 67.4 Å². The molecule has 13 nitrogen and oxygen atoms in total. The van der Waals surface area contributed by atoms with E-state index in [4.69, 9.17) is 11.6 Å². The third-order valence-electron chi connectivity index (χ3n) is 13.6. The lowest BCUT2D eigenvalue weighted by atomic mass is 9.96. The Morgan fingerprint density at radius 3 is 2.09 bits per heavy atom. The first-order chi connectivity index (χ1) is 35.3. The average molecular weight is 1090 g/mol. The molecule has 2 aliphatic rings. The van der Waals surface area contributed by atoms with E-state index in [9.17, 15) is 45.0 Å². The van der Waals surface area contributed by atoms with Crippen molar-refractivity contribution in [2.45, 2.75) is 84.8 Å². The van der Waals surface area contributed by atoms with E-state index in [1.807, 2.05) is 73.7 Å². The number of aliphatic hydroxyl groups is 1. The van der Waals surface area contributed by atoms with E-state index in [2.05, 4.69) is 36.2 Å². The highest BCUT2D eigenvalue weighted by Crippen LogP contribution is 2.42. The molecule has 20 heteroatoms. The van der Waals surface area contributed by atoms with Gasteiger partial charge in [-0.25, -0.2) is 21.6 Å². The summed E-state index contributed by atoms with van der Waals surface area (Å²) >= 11 is 7.72. The van der Waals surface area contributed by atoms with Crippen LogP contribution in [0.2, 0.25) is 5.02 Å². The Morgan fingerprint density at radius 1 is 0.797 bits per heavy atom. The number of thioether (sulfide) groups is 1. The number of piperidine rings is 1. The van der Waals surface area contributed by atoms with Crippen molar-refractivity contribution in [3.05, 3.63) is 138 Å². The topological polar surface area (TPSA) is 165 Å². The van der Waals surface area contributed by atoms with Crippen LogP contribution in [0.3, 0.4) is 0 Å². The number of piperazine rings is 1. The summed E-state index contributed by atoms with van der Waals surface area (Å²) in [4.78, 5) is 18.5. The predicted octanol–water partition coefficient (Wildman–Crippen LogP) is 11.1. The Labute approximate surface area is 440 Å². The third-order valence-corrected chi connectivity index (χ3v) is 17.9. The number of nitrogens with one attached hydrogen (secondary N) is 2. The second kappa shape index (κ2) is 23.5. The predicted molar refractivity (Wildman–Crippen MR) is 289 cm³/mol. The number of unbranched alkanes of at least 4 members (excludes halogenated alkanes) is 1. The van der Waals surface area contributed by atoms with E-state index >= 15 is 0 Å². The van der Waals surface area contributed by atoms with Crippen LogP contribution in [0.5, 0.6) is 0 Å². The van der Waals surface area contributed by atoms with Gasteiger partial charge in [-0.2, -0.15) is 13.2 Å². The number of sulfone groups is 1. The number of aromatic nitrogens is 1. The van der Waals surface area contributed by atoms with Crippen LogP contribution in [0.25, 0.3) is 22.4 Å². The fourth-order valence-corrected chi connectivity index (χ4v) is 12.8. The highest BCUT2D eigenvalue weighted by Gasteiger charge is 2.48. The second-order valence-electron chi connectivity index (χ2n) is 18.6. The number of carbonyl (C=O) groups is 1. The monoisotopic (exact) mass is 1090 g/mol. The van der Waals surface area contributed by atoms with Gasteiger partial charge in [0.25, 0.3) is 19.9 Å². The SMILES string of the molecule is CCCCn1c(C)c(C(=O)O)c(-c2cccc(N3CCN(c4ccc(NS(=O)(=O)c5ccc(N[C@H](CCN6CCC(O)CC6)CSc6ccccc6)c(S(=O)(=O)C(F)(F)F)c5)cc4)CC3)c2)c1-c1ccc(Cl)cc1. The fourth-order valence-electron chi connectivity index (χ4n) is 9.57. The van der Waals surface area contributed by atoms with Gasteiger partial charge in [0.05, 0.1) is 27.9 Å². The number of aromatic carboxylic acids is 1. The lowest BCUT2D eigenvalue weighted by Crippen LogP contribution is -2.46. The number of nitrogens with zero attached hydrogens (tertiary/aromatic N) is 4. The van der Waals surface area contributed by atoms with Crippen LogP contribution in [0.15, 0.2) is 136 Å². The number of alkyl halides is 3. The molecule has 0 unspecified atom stereocenters. The molecule has 0 spiro atoms. The first-order valence-electron chi connectivity index (χ1n) is 24.6. The number of carboxylic acids is 1. The molecule has 74 heavy (non-hydrogen) atoms. The molecule has 0 saturated carbocycles. The number of hydrogen-bond acceptors (Lipinski definition) is 11. The smallest absolute Gasteiger partial charge is 0.478 e. The Balaban J connectivity index is 0.968. The van der Waals surface area contributed by atoms with Crippen molar-refractivity contribution >= 4 is 71.9 Å². The van der Waals surface area contributed by atoms with Crippen LogP contribution >= 0.6 is 23.4 Å². The molecule has 0 amide bonds. The van der Waals surface area contributed by atoms with Gasteiger partial charge in [-0.05, 0) is 123 Å². The van der Waals surface area contributed by atoms with Crippen molar-refractivity contribution in [1.29, 1.82) is 0 Å². The maximum Gasteiger partial charge on any atom is 0.501 e. The molecule has 394 valence electrons. The zero-order valence-electron chi connectivity index (χ0n) is 41.1. The number of anilines is 4. The molecule has 1 atom stereocenters. The number of hydrogen-bond donors (Lipinski definition) is 4. The fraction of sp³-hybridized carbons (Fsp3) is 0.352. The number of rotatable bonds is 20. The van der Waals surface area contributed by atoms with Crippen molar-refractivity contribution in [3.63, 3.8) is 0 Å². The van der Waals surface area contributed by atoms with Gasteiger partial charge in [-0.3, -0.25) is 4.72 Å². The van der Waals surface area contributed by atoms with Crippen LogP contribution in [0, 0.1) is 6.92 Å². The van der Waals surface area contributed by atoms with Crippen LogP contribution in [0.1, 0.15) is 55.1 Å². The number of carboxylic acid groups (broad SMARTS) is 1. The molecule has 2 saturated heterocycles. The van der Waals surface area contributed by atoms with E-state index in [0.717, 1.165) is 58.1 Å². The van der Waals surface area contributed by atoms with Crippen LogP contribution in [0.4, 0.5) is 35.9 Å². The normalized spacial score (nSPS) is 15.6. The second-order valence-corrected chi connectivity index (χ2v) is 23.7. The quantitative estimate of drug-likeness (QED) is 0.0536. The zero-order valence-corrected chi connectivity index (χ0v) is 44.3. The minimum atomic E-state index is -6.03. The summed E-state index contributed by atoms with van der Waals surface area (Å²) in [7, 11) is -10.6. The van der Waals surface area contributed by atoms with Gasteiger partial charge < -0.3 is 34.8 Å². The summed E-state index contributed by atoms with van der Waals surface area (Å²) in [5, 5.41) is 24.2. The number of sulfonamides is 1. The summed E-state index contributed by atoms with van der Waals surface area (Å²) in [5.41, 5.74) is -0.201. The highest BCUT2D eigenvalue weighted by molar-refractivity contribution is 7.99. The zero-order chi connectivity index (χ0) is 52.8. The maximum absolute atomic E-state index is 14.3. The molecule has 3 heterocycles. The van der Waals surface area contributed by atoms with Crippen molar-refractivity contribution in [2.75, 3.05) is 71.4 Å². The largest absolute Gasteiger partial charge is 0.501 e. The average Bonchev–Trinajstić information content (AvgIpc) is 3.68. The molecule has 0 bridgehead atoms. The number of likely N-dealkylation sites (tertiary alicyclic amines) is 1. The van der Waals surface area contributed by atoms with Gasteiger partial charge >= 0.3 is 11.5 Å². The van der Waals surface area contributed by atoms with Gasteiger partial charge in [0, 0.05) is 102 Å². The Bertz CT molecular complexity index is 3130.